The lowest BCUT2D eigenvalue weighted by Crippen LogP contribution is -2.49. The van der Waals surface area contributed by atoms with Crippen LogP contribution in [-0.4, -0.2) is 35.8 Å². The Hall–Kier alpha value is -4.20. The van der Waals surface area contributed by atoms with Gasteiger partial charge in [-0.1, -0.05) is 49.6 Å². The van der Waals surface area contributed by atoms with Crippen molar-refractivity contribution in [2.24, 2.45) is 0 Å². The molecule has 4 aliphatic rings. The van der Waals surface area contributed by atoms with Crippen LogP contribution in [0, 0.1) is 0 Å². The van der Waals surface area contributed by atoms with Gasteiger partial charge in [-0.3, -0.25) is 9.59 Å². The van der Waals surface area contributed by atoms with Gasteiger partial charge in [0.05, 0.1) is 11.4 Å². The number of anilines is 2. The molecule has 0 radical (unpaired) electrons. The number of carbonyl (C=O) groups is 4. The number of ether oxygens (including phenoxy) is 2. The second kappa shape index (κ2) is 7.65. The van der Waals surface area contributed by atoms with Crippen molar-refractivity contribution >= 4 is 35.1 Å². The molecule has 0 N–H and O–H groups in total. The van der Waals surface area contributed by atoms with Crippen molar-refractivity contribution in [2.75, 3.05) is 9.80 Å². The Morgan fingerprint density at radius 1 is 0.730 bits per heavy atom. The third kappa shape index (κ3) is 2.95. The van der Waals surface area contributed by atoms with Crippen LogP contribution in [0.25, 0.3) is 0 Å². The fraction of sp³-hybridized carbons (Fsp3) is 0.310. The molecule has 2 saturated heterocycles. The molecule has 0 aliphatic carbocycles. The zero-order valence-corrected chi connectivity index (χ0v) is 20.7. The molecule has 188 valence electrons. The lowest BCUT2D eigenvalue weighted by molar-refractivity contribution is -0.156. The van der Waals surface area contributed by atoms with Crippen LogP contribution in [-0.2, 0) is 39.9 Å². The van der Waals surface area contributed by atoms with Crippen molar-refractivity contribution in [2.45, 2.75) is 56.4 Å². The van der Waals surface area contributed by atoms with Crippen LogP contribution >= 0.6 is 0 Å². The number of fused-ring (bicyclic) bond motifs is 4. The van der Waals surface area contributed by atoms with E-state index in [1.807, 2.05) is 50.2 Å². The molecule has 2 spiro atoms. The minimum Gasteiger partial charge on any atom is -0.440 e. The Morgan fingerprint density at radius 2 is 1.11 bits per heavy atom. The van der Waals surface area contributed by atoms with E-state index < -0.39 is 23.1 Å². The van der Waals surface area contributed by atoms with Crippen LogP contribution in [0.3, 0.4) is 0 Å². The number of hydrogen-bond donors (Lipinski definition) is 0. The standard InChI is InChI=1S/C29H26N2O6/c1-16-14-28(36-24(16)32)20-9-5-7-11-22(20)30(26(28)34)18(3)13-19(4)31-23-12-8-6-10-21(23)29(27(31)35)15-17(2)25(33)37-29/h5-12,18-19H,1-2,13-15H2,3-4H3. The van der Waals surface area contributed by atoms with Crippen LogP contribution < -0.4 is 9.80 Å². The van der Waals surface area contributed by atoms with Crippen LogP contribution in [0.5, 0.6) is 0 Å². The van der Waals surface area contributed by atoms with E-state index in [-0.39, 0.29) is 47.9 Å². The summed E-state index contributed by atoms with van der Waals surface area (Å²) in [5, 5.41) is 0. The average Bonchev–Trinajstić information content (AvgIpc) is 3.50. The smallest absolute Gasteiger partial charge is 0.335 e. The number of esters is 2. The fourth-order valence-corrected chi connectivity index (χ4v) is 6.29. The Kier molecular flexibility index (Phi) is 4.80. The monoisotopic (exact) mass is 498 g/mol. The second-order valence-corrected chi connectivity index (χ2v) is 10.3. The fourth-order valence-electron chi connectivity index (χ4n) is 6.29. The molecule has 37 heavy (non-hydrogen) atoms. The first-order valence-corrected chi connectivity index (χ1v) is 12.3. The molecule has 8 nitrogen and oxygen atoms in total. The van der Waals surface area contributed by atoms with Gasteiger partial charge >= 0.3 is 11.9 Å². The summed E-state index contributed by atoms with van der Waals surface area (Å²) in [6, 6.07) is 13.9. The normalized spacial score (nSPS) is 27.7. The SMILES string of the molecule is C=C1CC2(OC1=O)C(=O)N(C(C)CC(C)N1C(=O)C3(CC(=C)C(=O)O3)c3ccccc31)c1ccccc12. The van der Waals surface area contributed by atoms with Gasteiger partial charge in [0.2, 0.25) is 11.2 Å². The summed E-state index contributed by atoms with van der Waals surface area (Å²) in [6.45, 7) is 11.4. The number of amides is 2. The summed E-state index contributed by atoms with van der Waals surface area (Å²) in [5.74, 6) is -1.76. The molecule has 4 unspecified atom stereocenters. The summed E-state index contributed by atoms with van der Waals surface area (Å²) in [5.41, 5.74) is 0.378. The minimum absolute atomic E-state index is 0.107. The largest absolute Gasteiger partial charge is 0.440 e. The van der Waals surface area contributed by atoms with Crippen LogP contribution in [0.4, 0.5) is 11.4 Å². The third-order valence-electron chi connectivity index (χ3n) is 7.93. The molecular formula is C29H26N2O6. The van der Waals surface area contributed by atoms with E-state index in [2.05, 4.69) is 13.2 Å². The molecule has 2 fully saturated rings. The highest BCUT2D eigenvalue weighted by Crippen LogP contribution is 2.52. The summed E-state index contributed by atoms with van der Waals surface area (Å²) >= 11 is 0. The van der Waals surface area contributed by atoms with E-state index in [9.17, 15) is 19.2 Å². The number of benzene rings is 2. The maximum absolute atomic E-state index is 13.8. The topological polar surface area (TPSA) is 93.2 Å². The number of rotatable bonds is 4. The van der Waals surface area contributed by atoms with E-state index in [1.165, 1.54) is 0 Å². The molecule has 2 aromatic carbocycles. The maximum atomic E-state index is 13.8. The molecule has 8 heteroatoms. The molecule has 4 atom stereocenters. The van der Waals surface area contributed by atoms with E-state index >= 15 is 0 Å². The molecular weight excluding hydrogens is 472 g/mol. The average molecular weight is 499 g/mol. The summed E-state index contributed by atoms with van der Waals surface area (Å²) in [7, 11) is 0. The predicted octanol–water partition coefficient (Wildman–Crippen LogP) is 3.64. The molecule has 4 heterocycles. The maximum Gasteiger partial charge on any atom is 0.335 e. The van der Waals surface area contributed by atoms with Crippen LogP contribution in [0.15, 0.2) is 72.8 Å². The number of hydrogen-bond acceptors (Lipinski definition) is 6. The highest BCUT2D eigenvalue weighted by Gasteiger charge is 2.61. The van der Waals surface area contributed by atoms with E-state index in [0.29, 0.717) is 28.9 Å². The summed E-state index contributed by atoms with van der Waals surface area (Å²) < 4.78 is 11.3. The summed E-state index contributed by atoms with van der Waals surface area (Å²) in [4.78, 5) is 55.5. The van der Waals surface area contributed by atoms with Crippen molar-refractivity contribution in [3.63, 3.8) is 0 Å². The lowest BCUT2D eigenvalue weighted by Gasteiger charge is -2.33. The van der Waals surface area contributed by atoms with Crippen molar-refractivity contribution in [3.05, 3.63) is 84.0 Å². The predicted molar refractivity (Wildman–Crippen MR) is 134 cm³/mol. The third-order valence-corrected chi connectivity index (χ3v) is 7.93. The van der Waals surface area contributed by atoms with Crippen molar-refractivity contribution in [1.29, 1.82) is 0 Å². The number of para-hydroxylation sites is 2. The van der Waals surface area contributed by atoms with Crippen molar-refractivity contribution in [3.8, 4) is 0 Å². The zero-order valence-electron chi connectivity index (χ0n) is 20.7. The first-order chi connectivity index (χ1) is 17.6. The highest BCUT2D eigenvalue weighted by atomic mass is 16.6. The van der Waals surface area contributed by atoms with Gasteiger partial charge in [0.15, 0.2) is 0 Å². The minimum atomic E-state index is -1.40. The number of carbonyl (C=O) groups excluding carboxylic acids is 4. The molecule has 0 aromatic heterocycles. The summed E-state index contributed by atoms with van der Waals surface area (Å²) in [6.07, 6.45) is 0.641. The van der Waals surface area contributed by atoms with Crippen molar-refractivity contribution in [1.82, 2.24) is 0 Å². The van der Waals surface area contributed by atoms with Gasteiger partial charge in [-0.05, 0) is 32.4 Å². The Labute approximate surface area is 214 Å². The van der Waals surface area contributed by atoms with Gasteiger partial charge in [-0.25, -0.2) is 9.59 Å². The Morgan fingerprint density at radius 3 is 1.46 bits per heavy atom. The van der Waals surface area contributed by atoms with Crippen LogP contribution in [0.2, 0.25) is 0 Å². The number of nitrogens with zero attached hydrogens (tertiary/aromatic N) is 2. The van der Waals surface area contributed by atoms with Gasteiger partial charge in [0.1, 0.15) is 0 Å². The molecule has 2 amide bonds. The zero-order chi connectivity index (χ0) is 26.3. The molecule has 0 bridgehead atoms. The van der Waals surface area contributed by atoms with Gasteiger partial charge in [0, 0.05) is 47.2 Å². The first-order valence-electron chi connectivity index (χ1n) is 12.3. The Bertz CT molecular complexity index is 1300. The van der Waals surface area contributed by atoms with Gasteiger partial charge in [0.25, 0.3) is 11.8 Å². The van der Waals surface area contributed by atoms with Gasteiger partial charge < -0.3 is 19.3 Å². The van der Waals surface area contributed by atoms with Crippen LogP contribution in [0.1, 0.15) is 44.2 Å². The van der Waals surface area contributed by atoms with E-state index in [0.717, 1.165) is 0 Å². The second-order valence-electron chi connectivity index (χ2n) is 10.3. The lowest BCUT2D eigenvalue weighted by atomic mass is 9.91. The van der Waals surface area contributed by atoms with Gasteiger partial charge in [-0.2, -0.15) is 0 Å². The van der Waals surface area contributed by atoms with Gasteiger partial charge in [-0.15, -0.1) is 0 Å². The quantitative estimate of drug-likeness (QED) is 0.472. The van der Waals surface area contributed by atoms with E-state index in [4.69, 9.17) is 9.47 Å². The molecule has 4 aliphatic heterocycles. The Balaban J connectivity index is 1.32. The first kappa shape index (κ1) is 23.2. The highest BCUT2D eigenvalue weighted by molar-refractivity contribution is 6.12. The van der Waals surface area contributed by atoms with Crippen molar-refractivity contribution < 1.29 is 28.7 Å². The van der Waals surface area contributed by atoms with E-state index in [1.54, 1.807) is 21.9 Å². The molecule has 0 saturated carbocycles. The molecule has 2 aromatic rings. The molecule has 6 rings (SSSR count).